The van der Waals surface area contributed by atoms with Gasteiger partial charge in [0.05, 0.1) is 23.4 Å². The summed E-state index contributed by atoms with van der Waals surface area (Å²) in [5.41, 5.74) is 2.11. The summed E-state index contributed by atoms with van der Waals surface area (Å²) in [6.07, 6.45) is 0.326. The van der Waals surface area contributed by atoms with Gasteiger partial charge in [0.1, 0.15) is 0 Å². The second-order valence-corrected chi connectivity index (χ2v) is 5.56. The van der Waals surface area contributed by atoms with Gasteiger partial charge < -0.3 is 10.3 Å². The largest absolute Gasteiger partial charge is 0.332 e. The molecule has 0 unspecified atom stereocenters. The highest BCUT2D eigenvalue weighted by Crippen LogP contribution is 2.14. The molecule has 1 aromatic heterocycles. The van der Waals surface area contributed by atoms with E-state index in [1.54, 1.807) is 42.5 Å². The van der Waals surface area contributed by atoms with E-state index in [0.717, 1.165) is 5.56 Å². The minimum Gasteiger partial charge on any atom is -0.332 e. The van der Waals surface area contributed by atoms with Gasteiger partial charge in [0, 0.05) is 11.3 Å². The van der Waals surface area contributed by atoms with E-state index in [9.17, 15) is 9.59 Å². The monoisotopic (exact) mass is 336 g/mol. The minimum atomic E-state index is -0.301. The molecule has 0 bridgehead atoms. The first kappa shape index (κ1) is 15.6. The molecule has 0 radical (unpaired) electrons. The van der Waals surface area contributed by atoms with Gasteiger partial charge >= 0.3 is 0 Å². The standard InChI is InChI=1S/C17H12N4O2S/c18-8-7-10-1-4-12(5-2-10)19-15(22)11-3-6-13-14(9-11)20-17(24)21-16(13)23/h1-6,9H,7H2,(H,19,22)(H2,20,21,23,24). The summed E-state index contributed by atoms with van der Waals surface area (Å²) in [4.78, 5) is 29.5. The van der Waals surface area contributed by atoms with Gasteiger partial charge in [-0.2, -0.15) is 5.26 Å². The fraction of sp³-hybridized carbons (Fsp3) is 0.0588. The van der Waals surface area contributed by atoms with Crippen LogP contribution >= 0.6 is 12.2 Å². The molecule has 1 amide bonds. The van der Waals surface area contributed by atoms with Crippen molar-refractivity contribution in [3.63, 3.8) is 0 Å². The Kier molecular flexibility index (Phi) is 4.22. The number of carbonyl (C=O) groups excluding carboxylic acids is 1. The van der Waals surface area contributed by atoms with Crippen LogP contribution in [-0.2, 0) is 6.42 Å². The maximum Gasteiger partial charge on any atom is 0.259 e. The number of nitrogens with one attached hydrogen (secondary N) is 3. The zero-order valence-electron chi connectivity index (χ0n) is 12.4. The first-order valence-corrected chi connectivity index (χ1v) is 7.51. The van der Waals surface area contributed by atoms with Crippen LogP contribution in [0.1, 0.15) is 15.9 Å². The van der Waals surface area contributed by atoms with Gasteiger partial charge in [-0.25, -0.2) is 0 Å². The molecule has 3 aromatic rings. The molecule has 3 rings (SSSR count). The Morgan fingerprint density at radius 3 is 2.62 bits per heavy atom. The summed E-state index contributed by atoms with van der Waals surface area (Å²) in [6, 6.07) is 13.9. The molecule has 6 nitrogen and oxygen atoms in total. The molecular weight excluding hydrogens is 324 g/mol. The number of rotatable bonds is 3. The van der Waals surface area contributed by atoms with E-state index in [1.165, 1.54) is 0 Å². The van der Waals surface area contributed by atoms with Gasteiger partial charge in [0.15, 0.2) is 4.77 Å². The lowest BCUT2D eigenvalue weighted by molar-refractivity contribution is 0.102. The van der Waals surface area contributed by atoms with Gasteiger partial charge in [-0.15, -0.1) is 0 Å². The van der Waals surface area contributed by atoms with Crippen LogP contribution < -0.4 is 10.9 Å². The highest BCUT2D eigenvalue weighted by molar-refractivity contribution is 7.71. The molecule has 3 N–H and O–H groups in total. The Hall–Kier alpha value is -3.24. The lowest BCUT2D eigenvalue weighted by Gasteiger charge is -2.07. The van der Waals surface area contributed by atoms with Crippen molar-refractivity contribution in [3.8, 4) is 6.07 Å². The van der Waals surface area contributed by atoms with Crippen molar-refractivity contribution in [2.75, 3.05) is 5.32 Å². The number of benzene rings is 2. The SMILES string of the molecule is N#CCc1ccc(NC(=O)c2ccc3c(=O)[nH]c(=S)[nH]c3c2)cc1. The van der Waals surface area contributed by atoms with E-state index in [2.05, 4.69) is 21.4 Å². The molecule has 0 aliphatic heterocycles. The van der Waals surface area contributed by atoms with Crippen LogP contribution in [-0.4, -0.2) is 15.9 Å². The van der Waals surface area contributed by atoms with Crippen molar-refractivity contribution < 1.29 is 4.79 Å². The van der Waals surface area contributed by atoms with Crippen molar-refractivity contribution in [2.45, 2.75) is 6.42 Å². The van der Waals surface area contributed by atoms with Crippen molar-refractivity contribution in [1.82, 2.24) is 9.97 Å². The fourth-order valence-electron chi connectivity index (χ4n) is 2.31. The van der Waals surface area contributed by atoms with E-state index in [1.807, 2.05) is 0 Å². The van der Waals surface area contributed by atoms with Crippen LogP contribution in [0.4, 0.5) is 5.69 Å². The molecule has 0 atom stereocenters. The second kappa shape index (κ2) is 6.48. The molecule has 0 saturated heterocycles. The molecule has 0 spiro atoms. The highest BCUT2D eigenvalue weighted by Gasteiger charge is 2.08. The van der Waals surface area contributed by atoms with E-state index in [-0.39, 0.29) is 16.2 Å². The lowest BCUT2D eigenvalue weighted by atomic mass is 10.1. The molecule has 0 saturated carbocycles. The zero-order valence-corrected chi connectivity index (χ0v) is 13.2. The topological polar surface area (TPSA) is 102 Å². The predicted molar refractivity (Wildman–Crippen MR) is 93.5 cm³/mol. The van der Waals surface area contributed by atoms with Crippen molar-refractivity contribution in [3.05, 3.63) is 68.7 Å². The van der Waals surface area contributed by atoms with Crippen LogP contribution in [0.15, 0.2) is 47.3 Å². The van der Waals surface area contributed by atoms with Crippen molar-refractivity contribution in [1.29, 1.82) is 5.26 Å². The highest BCUT2D eigenvalue weighted by atomic mass is 32.1. The number of H-pyrrole nitrogens is 2. The number of hydrogen-bond donors (Lipinski definition) is 3. The number of fused-ring (bicyclic) bond motifs is 1. The maximum absolute atomic E-state index is 12.3. The summed E-state index contributed by atoms with van der Waals surface area (Å²) in [5, 5.41) is 11.9. The third-order valence-corrected chi connectivity index (χ3v) is 3.70. The summed E-state index contributed by atoms with van der Waals surface area (Å²) in [5.74, 6) is -0.301. The van der Waals surface area contributed by atoms with E-state index in [0.29, 0.717) is 28.6 Å². The number of carbonyl (C=O) groups is 1. The number of aromatic nitrogens is 2. The lowest BCUT2D eigenvalue weighted by Crippen LogP contribution is -2.13. The van der Waals surface area contributed by atoms with Gasteiger partial charge in [-0.05, 0) is 48.1 Å². The molecule has 0 aliphatic carbocycles. The number of anilines is 1. The average molecular weight is 336 g/mol. The Bertz CT molecular complexity index is 1070. The minimum absolute atomic E-state index is 0.207. The molecular formula is C17H12N4O2S. The Balaban J connectivity index is 1.87. The normalized spacial score (nSPS) is 10.3. The number of amides is 1. The Morgan fingerprint density at radius 1 is 1.17 bits per heavy atom. The van der Waals surface area contributed by atoms with Gasteiger partial charge in [0.25, 0.3) is 11.5 Å². The third kappa shape index (κ3) is 3.24. The van der Waals surface area contributed by atoms with Gasteiger partial charge in [0.2, 0.25) is 0 Å². The molecule has 1 heterocycles. The fourth-order valence-corrected chi connectivity index (χ4v) is 2.51. The quantitative estimate of drug-likeness (QED) is 0.640. The first-order valence-electron chi connectivity index (χ1n) is 7.10. The summed E-state index contributed by atoms with van der Waals surface area (Å²) < 4.78 is 0.207. The van der Waals surface area contributed by atoms with Crippen LogP contribution in [0.2, 0.25) is 0 Å². The molecule has 7 heteroatoms. The van der Waals surface area contributed by atoms with Gasteiger partial charge in [-0.3, -0.25) is 14.6 Å². The summed E-state index contributed by atoms with van der Waals surface area (Å²) in [7, 11) is 0. The first-order chi connectivity index (χ1) is 11.6. The van der Waals surface area contributed by atoms with E-state index in [4.69, 9.17) is 17.5 Å². The third-order valence-electron chi connectivity index (χ3n) is 3.50. The Morgan fingerprint density at radius 2 is 1.92 bits per heavy atom. The second-order valence-electron chi connectivity index (χ2n) is 5.15. The summed E-state index contributed by atoms with van der Waals surface area (Å²) >= 11 is 4.94. The molecule has 118 valence electrons. The molecule has 24 heavy (non-hydrogen) atoms. The van der Waals surface area contributed by atoms with E-state index >= 15 is 0 Å². The number of nitrogens with zero attached hydrogens (tertiary/aromatic N) is 1. The number of aromatic amines is 2. The van der Waals surface area contributed by atoms with Crippen molar-refractivity contribution >= 4 is 34.7 Å². The maximum atomic E-state index is 12.3. The number of hydrogen-bond acceptors (Lipinski definition) is 4. The zero-order chi connectivity index (χ0) is 17.1. The summed E-state index contributed by atoms with van der Waals surface area (Å²) in [6.45, 7) is 0. The van der Waals surface area contributed by atoms with Crippen LogP contribution in [0.3, 0.4) is 0 Å². The number of nitriles is 1. The van der Waals surface area contributed by atoms with Crippen molar-refractivity contribution in [2.24, 2.45) is 0 Å². The van der Waals surface area contributed by atoms with Gasteiger partial charge in [-0.1, -0.05) is 12.1 Å². The molecule has 0 aliphatic rings. The smallest absolute Gasteiger partial charge is 0.259 e. The molecule has 2 aromatic carbocycles. The van der Waals surface area contributed by atoms with Crippen LogP contribution in [0, 0.1) is 16.1 Å². The molecule has 0 fully saturated rings. The van der Waals surface area contributed by atoms with Crippen LogP contribution in [0.5, 0.6) is 0 Å². The average Bonchev–Trinajstić information content (AvgIpc) is 2.56. The predicted octanol–water partition coefficient (Wildman–Crippen LogP) is 2.90. The van der Waals surface area contributed by atoms with E-state index < -0.39 is 0 Å². The van der Waals surface area contributed by atoms with Crippen LogP contribution in [0.25, 0.3) is 10.9 Å². The Labute approximate surface area is 141 Å².